The number of likely N-dealkylation sites (N-methyl/N-ethyl adjacent to an activating group) is 1. The summed E-state index contributed by atoms with van der Waals surface area (Å²) in [6.45, 7) is 5.48. The smallest absolute Gasteiger partial charge is 0.203 e. The topological polar surface area (TPSA) is 33.1 Å². The number of anilines is 1. The molecular weight excluding hydrogens is 212 g/mol. The van der Waals surface area contributed by atoms with Gasteiger partial charge in [-0.25, -0.2) is 4.98 Å². The van der Waals surface area contributed by atoms with Crippen LogP contribution in [0.25, 0.3) is 0 Å². The minimum Gasteiger partial charge on any atom is -0.352 e. The highest BCUT2D eigenvalue weighted by atomic mass is 15.2. The molecule has 0 radical (unpaired) electrons. The van der Waals surface area contributed by atoms with Gasteiger partial charge in [-0.15, -0.1) is 6.58 Å². The fraction of sp³-hybridized carbons (Fsp3) is 0.615. The molecule has 0 amide bonds. The molecule has 0 spiro atoms. The Bertz CT molecular complexity index is 377. The van der Waals surface area contributed by atoms with E-state index in [1.54, 1.807) is 0 Å². The fourth-order valence-corrected chi connectivity index (χ4v) is 2.42. The maximum absolute atomic E-state index is 4.34. The molecule has 1 aliphatic carbocycles. The number of rotatable bonds is 6. The van der Waals surface area contributed by atoms with Crippen molar-refractivity contribution in [3.8, 4) is 0 Å². The van der Waals surface area contributed by atoms with Crippen LogP contribution in [0.15, 0.2) is 25.0 Å². The van der Waals surface area contributed by atoms with Gasteiger partial charge in [-0.1, -0.05) is 6.08 Å². The predicted molar refractivity (Wildman–Crippen MR) is 71.2 cm³/mol. The normalized spacial score (nSPS) is 17.8. The van der Waals surface area contributed by atoms with E-state index in [-0.39, 0.29) is 0 Å². The molecule has 0 aromatic carbocycles. The molecule has 2 rings (SSSR count). The molecule has 1 aliphatic rings. The third kappa shape index (κ3) is 2.36. The van der Waals surface area contributed by atoms with Crippen LogP contribution in [0.1, 0.15) is 19.3 Å². The molecule has 0 aliphatic heterocycles. The quantitative estimate of drug-likeness (QED) is 0.764. The minimum absolute atomic E-state index is 0.325. The van der Waals surface area contributed by atoms with Gasteiger partial charge in [0.25, 0.3) is 0 Å². The first-order chi connectivity index (χ1) is 8.18. The average molecular weight is 234 g/mol. The first kappa shape index (κ1) is 12.2. The van der Waals surface area contributed by atoms with Crippen LogP contribution in [0.4, 0.5) is 5.95 Å². The summed E-state index contributed by atoms with van der Waals surface area (Å²) in [5.74, 6) is 0.943. The lowest BCUT2D eigenvalue weighted by molar-refractivity contribution is 0.0429. The van der Waals surface area contributed by atoms with Crippen molar-refractivity contribution in [3.05, 3.63) is 25.0 Å². The monoisotopic (exact) mass is 234 g/mol. The Hall–Kier alpha value is -1.29. The van der Waals surface area contributed by atoms with Crippen LogP contribution in [0.2, 0.25) is 0 Å². The Labute approximate surface area is 103 Å². The maximum atomic E-state index is 4.34. The van der Waals surface area contributed by atoms with E-state index in [1.807, 2.05) is 12.3 Å². The molecule has 4 heteroatoms. The summed E-state index contributed by atoms with van der Waals surface area (Å²) in [7, 11) is 4.35. The number of aromatic nitrogens is 2. The SMILES string of the molecule is C=CCNc1nccn1CC1(N(C)C)CCC1. The van der Waals surface area contributed by atoms with Gasteiger partial charge < -0.3 is 14.8 Å². The summed E-state index contributed by atoms with van der Waals surface area (Å²) < 4.78 is 2.21. The highest BCUT2D eigenvalue weighted by Crippen LogP contribution is 2.38. The van der Waals surface area contributed by atoms with Gasteiger partial charge in [-0.2, -0.15) is 0 Å². The van der Waals surface area contributed by atoms with Crippen molar-refractivity contribution in [3.63, 3.8) is 0 Å². The van der Waals surface area contributed by atoms with Crippen LogP contribution in [-0.4, -0.2) is 40.6 Å². The van der Waals surface area contributed by atoms with Crippen molar-refractivity contribution in [1.82, 2.24) is 14.5 Å². The molecule has 17 heavy (non-hydrogen) atoms. The third-order valence-corrected chi connectivity index (χ3v) is 3.82. The minimum atomic E-state index is 0.325. The van der Waals surface area contributed by atoms with Gasteiger partial charge in [0.15, 0.2) is 0 Å². The summed E-state index contributed by atoms with van der Waals surface area (Å²) in [5, 5.41) is 3.27. The van der Waals surface area contributed by atoms with Crippen molar-refractivity contribution in [2.24, 2.45) is 0 Å². The van der Waals surface area contributed by atoms with Crippen molar-refractivity contribution < 1.29 is 0 Å². The number of imidazole rings is 1. The molecule has 1 heterocycles. The van der Waals surface area contributed by atoms with Crippen molar-refractivity contribution in [2.45, 2.75) is 31.3 Å². The van der Waals surface area contributed by atoms with Crippen LogP contribution in [0.5, 0.6) is 0 Å². The molecule has 1 aromatic rings. The molecule has 4 nitrogen and oxygen atoms in total. The second-order valence-electron chi connectivity index (χ2n) is 5.02. The second kappa shape index (κ2) is 4.92. The zero-order valence-corrected chi connectivity index (χ0v) is 10.8. The average Bonchev–Trinajstić information content (AvgIpc) is 2.67. The van der Waals surface area contributed by atoms with E-state index in [4.69, 9.17) is 0 Å². The van der Waals surface area contributed by atoms with Gasteiger partial charge in [0.05, 0.1) is 0 Å². The van der Waals surface area contributed by atoms with Crippen molar-refractivity contribution in [1.29, 1.82) is 0 Å². The highest BCUT2D eigenvalue weighted by molar-refractivity contribution is 5.27. The van der Waals surface area contributed by atoms with Crippen LogP contribution in [0, 0.1) is 0 Å². The molecule has 0 bridgehead atoms. The molecule has 1 fully saturated rings. The van der Waals surface area contributed by atoms with Crippen LogP contribution in [-0.2, 0) is 6.54 Å². The summed E-state index contributed by atoms with van der Waals surface area (Å²) in [4.78, 5) is 6.70. The summed E-state index contributed by atoms with van der Waals surface area (Å²) in [6.07, 6.45) is 9.65. The summed E-state index contributed by atoms with van der Waals surface area (Å²) >= 11 is 0. The van der Waals surface area contributed by atoms with Gasteiger partial charge >= 0.3 is 0 Å². The Balaban J connectivity index is 2.07. The molecular formula is C13H22N4. The van der Waals surface area contributed by atoms with Gasteiger partial charge in [0, 0.05) is 31.0 Å². The third-order valence-electron chi connectivity index (χ3n) is 3.82. The van der Waals surface area contributed by atoms with Gasteiger partial charge in [0.2, 0.25) is 5.95 Å². The van der Waals surface area contributed by atoms with E-state index in [9.17, 15) is 0 Å². The maximum Gasteiger partial charge on any atom is 0.203 e. The Morgan fingerprint density at radius 3 is 2.88 bits per heavy atom. The Kier molecular flexibility index (Phi) is 3.52. The predicted octanol–water partition coefficient (Wildman–Crippen LogP) is 1.97. The molecule has 1 N–H and O–H groups in total. The zero-order valence-electron chi connectivity index (χ0n) is 10.8. The molecule has 0 atom stereocenters. The van der Waals surface area contributed by atoms with E-state index in [0.717, 1.165) is 19.0 Å². The van der Waals surface area contributed by atoms with Gasteiger partial charge in [-0.05, 0) is 33.4 Å². The molecule has 0 saturated heterocycles. The van der Waals surface area contributed by atoms with E-state index in [0.29, 0.717) is 5.54 Å². The van der Waals surface area contributed by atoms with E-state index in [2.05, 4.69) is 46.6 Å². The van der Waals surface area contributed by atoms with Crippen LogP contribution >= 0.6 is 0 Å². The number of hydrogen-bond donors (Lipinski definition) is 1. The van der Waals surface area contributed by atoms with Crippen molar-refractivity contribution in [2.75, 3.05) is 26.0 Å². The lowest BCUT2D eigenvalue weighted by atomic mass is 9.75. The molecule has 1 aromatic heterocycles. The number of nitrogens with zero attached hydrogens (tertiary/aromatic N) is 3. The van der Waals surface area contributed by atoms with Crippen LogP contribution in [0.3, 0.4) is 0 Å². The largest absolute Gasteiger partial charge is 0.352 e. The lowest BCUT2D eigenvalue weighted by Crippen LogP contribution is -2.53. The first-order valence-electron chi connectivity index (χ1n) is 6.21. The molecule has 0 unspecified atom stereocenters. The fourth-order valence-electron chi connectivity index (χ4n) is 2.42. The lowest BCUT2D eigenvalue weighted by Gasteiger charge is -2.47. The van der Waals surface area contributed by atoms with Crippen molar-refractivity contribution >= 4 is 5.95 Å². The number of nitrogens with one attached hydrogen (secondary N) is 1. The van der Waals surface area contributed by atoms with Gasteiger partial charge in [-0.3, -0.25) is 0 Å². The van der Waals surface area contributed by atoms with E-state index in [1.165, 1.54) is 19.3 Å². The van der Waals surface area contributed by atoms with Gasteiger partial charge in [0.1, 0.15) is 0 Å². The van der Waals surface area contributed by atoms with Crippen LogP contribution < -0.4 is 5.32 Å². The Morgan fingerprint density at radius 2 is 2.35 bits per heavy atom. The summed E-state index contributed by atoms with van der Waals surface area (Å²) in [6, 6.07) is 0. The molecule has 1 saturated carbocycles. The summed E-state index contributed by atoms with van der Waals surface area (Å²) in [5.41, 5.74) is 0.325. The zero-order chi connectivity index (χ0) is 12.3. The second-order valence-corrected chi connectivity index (χ2v) is 5.02. The number of hydrogen-bond acceptors (Lipinski definition) is 3. The standard InChI is InChI=1S/C13H22N4/c1-4-8-14-12-15-9-10-17(12)11-13(16(2)3)6-5-7-13/h4,9-10H,1,5-8,11H2,2-3H3,(H,14,15). The highest BCUT2D eigenvalue weighted by Gasteiger charge is 2.39. The first-order valence-corrected chi connectivity index (χ1v) is 6.21. The Morgan fingerprint density at radius 1 is 1.59 bits per heavy atom. The van der Waals surface area contributed by atoms with E-state index < -0.39 is 0 Å². The van der Waals surface area contributed by atoms with E-state index >= 15 is 0 Å². The molecule has 94 valence electrons.